The van der Waals surface area contributed by atoms with Crippen LogP contribution in [0.2, 0.25) is 36.8 Å². The highest BCUT2D eigenvalue weighted by Crippen LogP contribution is 2.44. The fourth-order valence-corrected chi connectivity index (χ4v) is 4.88. The highest BCUT2D eigenvalue weighted by Gasteiger charge is 2.42. The van der Waals surface area contributed by atoms with E-state index in [1.807, 2.05) is 7.11 Å². The fourth-order valence-electron chi connectivity index (χ4n) is 2.17. The fraction of sp³-hybridized carbons (Fsp3) is 1.00. The van der Waals surface area contributed by atoms with Gasteiger partial charge >= 0.3 is 0 Å². The summed E-state index contributed by atoms with van der Waals surface area (Å²) >= 11 is 0. The highest BCUT2D eigenvalue weighted by molar-refractivity contribution is 6.83. The molecule has 1 rings (SSSR count). The van der Waals surface area contributed by atoms with Crippen LogP contribution in [0.15, 0.2) is 0 Å². The van der Waals surface area contributed by atoms with E-state index in [1.165, 1.54) is 12.6 Å². The second-order valence-electron chi connectivity index (χ2n) is 4.95. The van der Waals surface area contributed by atoms with Crippen molar-refractivity contribution >= 4 is 15.0 Å². The quantitative estimate of drug-likeness (QED) is 0.569. The van der Waals surface area contributed by atoms with Gasteiger partial charge in [0.1, 0.15) is 0 Å². The van der Waals surface area contributed by atoms with Crippen molar-refractivity contribution < 1.29 is 4.65 Å². The predicted molar refractivity (Wildman–Crippen MR) is 58.7 cm³/mol. The Labute approximate surface area is 78.0 Å². The third kappa shape index (κ3) is 1.77. The topological polar surface area (TPSA) is 9.23 Å². The predicted octanol–water partition coefficient (Wildman–Crippen LogP) is 3.13. The van der Waals surface area contributed by atoms with Gasteiger partial charge in [0.15, 0.2) is 0 Å². The summed E-state index contributed by atoms with van der Waals surface area (Å²) in [6.45, 7) is 10.4. The van der Waals surface area contributed by atoms with E-state index in [1.54, 1.807) is 0 Å². The van der Waals surface area contributed by atoms with Crippen molar-refractivity contribution in [1.29, 1.82) is 0 Å². The Balaban J connectivity index is 2.64. The number of rotatable bonds is 1. The molecule has 0 radical (unpaired) electrons. The molecule has 12 heavy (non-hydrogen) atoms. The molecule has 2 atom stereocenters. The molecule has 1 saturated heterocycles. The van der Waals surface area contributed by atoms with E-state index in [-0.39, 0.29) is 0 Å². The standard InChI is InChI=1S/C9H21BOSi/c1-8-6-10(11-3)7-9(2)12(8,4)5/h8-9H,6-7H2,1-5H3/t8-,9-/m0/s1. The minimum atomic E-state index is -0.935. The van der Waals surface area contributed by atoms with Crippen LogP contribution >= 0.6 is 0 Å². The summed E-state index contributed by atoms with van der Waals surface area (Å²) in [7, 11) is 0.916. The third-order valence-electron chi connectivity index (χ3n) is 4.11. The zero-order valence-electron chi connectivity index (χ0n) is 9.05. The zero-order valence-corrected chi connectivity index (χ0v) is 10.1. The summed E-state index contributed by atoms with van der Waals surface area (Å²) in [5.41, 5.74) is 1.84. The Morgan fingerprint density at radius 1 is 1.17 bits per heavy atom. The lowest BCUT2D eigenvalue weighted by Crippen LogP contribution is -2.44. The van der Waals surface area contributed by atoms with Gasteiger partial charge in [-0.15, -0.1) is 0 Å². The van der Waals surface area contributed by atoms with Gasteiger partial charge in [0.2, 0.25) is 0 Å². The van der Waals surface area contributed by atoms with Crippen LogP contribution in [-0.4, -0.2) is 22.1 Å². The Bertz CT molecular complexity index is 147. The second kappa shape index (κ2) is 3.54. The van der Waals surface area contributed by atoms with Gasteiger partial charge in [0.25, 0.3) is 6.92 Å². The van der Waals surface area contributed by atoms with Gasteiger partial charge < -0.3 is 4.65 Å². The van der Waals surface area contributed by atoms with Gasteiger partial charge in [-0.3, -0.25) is 0 Å². The van der Waals surface area contributed by atoms with Crippen molar-refractivity contribution in [2.45, 2.75) is 50.7 Å². The van der Waals surface area contributed by atoms with Crippen LogP contribution in [-0.2, 0) is 4.65 Å². The molecule has 1 aliphatic heterocycles. The minimum Gasteiger partial charge on any atom is -0.439 e. The molecule has 0 N–H and O–H groups in total. The summed E-state index contributed by atoms with van der Waals surface area (Å²) in [5, 5.41) is 0. The average Bonchev–Trinajstić information content (AvgIpc) is 2.00. The van der Waals surface area contributed by atoms with Crippen LogP contribution < -0.4 is 0 Å². The van der Waals surface area contributed by atoms with Gasteiger partial charge in [-0.2, -0.15) is 0 Å². The normalized spacial score (nSPS) is 35.2. The molecule has 0 aromatic rings. The van der Waals surface area contributed by atoms with Crippen molar-refractivity contribution in [1.82, 2.24) is 0 Å². The Hall–Kier alpha value is 0.242. The molecule has 1 fully saturated rings. The summed E-state index contributed by atoms with van der Waals surface area (Å²) in [6.07, 6.45) is 2.58. The molecule has 0 aromatic heterocycles. The van der Waals surface area contributed by atoms with E-state index in [0.717, 1.165) is 11.1 Å². The van der Waals surface area contributed by atoms with Crippen molar-refractivity contribution in [2.24, 2.45) is 0 Å². The lowest BCUT2D eigenvalue weighted by atomic mass is 9.59. The van der Waals surface area contributed by atoms with E-state index < -0.39 is 8.07 Å². The molecule has 0 bridgehead atoms. The van der Waals surface area contributed by atoms with Crippen molar-refractivity contribution in [2.75, 3.05) is 7.11 Å². The van der Waals surface area contributed by atoms with Gasteiger partial charge in [0, 0.05) is 7.11 Å². The first kappa shape index (κ1) is 10.3. The first-order chi connectivity index (χ1) is 5.48. The van der Waals surface area contributed by atoms with Crippen molar-refractivity contribution in [3.05, 3.63) is 0 Å². The minimum absolute atomic E-state index is 0.538. The van der Waals surface area contributed by atoms with Crippen LogP contribution in [0.3, 0.4) is 0 Å². The average molecular weight is 184 g/mol. The van der Waals surface area contributed by atoms with Crippen LogP contribution in [0.4, 0.5) is 0 Å². The summed E-state index contributed by atoms with van der Waals surface area (Å²) in [6, 6.07) is 0. The smallest absolute Gasteiger partial charge is 0.292 e. The number of hydrogen-bond acceptors (Lipinski definition) is 1. The Morgan fingerprint density at radius 2 is 1.58 bits per heavy atom. The lowest BCUT2D eigenvalue weighted by molar-refractivity contribution is 0.411. The lowest BCUT2D eigenvalue weighted by Gasteiger charge is -2.42. The molecule has 0 spiro atoms. The zero-order chi connectivity index (χ0) is 9.35. The highest BCUT2D eigenvalue weighted by atomic mass is 28.3. The van der Waals surface area contributed by atoms with Crippen LogP contribution in [0.25, 0.3) is 0 Å². The van der Waals surface area contributed by atoms with E-state index in [2.05, 4.69) is 26.9 Å². The van der Waals surface area contributed by atoms with Crippen LogP contribution in [0.5, 0.6) is 0 Å². The van der Waals surface area contributed by atoms with Crippen molar-refractivity contribution in [3.63, 3.8) is 0 Å². The molecule has 1 aliphatic rings. The van der Waals surface area contributed by atoms with Gasteiger partial charge in [-0.25, -0.2) is 0 Å². The maximum atomic E-state index is 5.45. The monoisotopic (exact) mass is 184 g/mol. The van der Waals surface area contributed by atoms with Crippen LogP contribution in [0, 0.1) is 0 Å². The van der Waals surface area contributed by atoms with E-state index in [4.69, 9.17) is 4.65 Å². The summed E-state index contributed by atoms with van der Waals surface area (Å²) in [4.78, 5) is 0. The maximum absolute atomic E-state index is 5.45. The first-order valence-corrected chi connectivity index (χ1v) is 8.16. The Kier molecular flexibility index (Phi) is 3.05. The first-order valence-electron chi connectivity index (χ1n) is 5.01. The molecular weight excluding hydrogens is 163 g/mol. The molecular formula is C9H21BOSi. The van der Waals surface area contributed by atoms with Crippen LogP contribution in [0.1, 0.15) is 13.8 Å². The van der Waals surface area contributed by atoms with Gasteiger partial charge in [-0.1, -0.05) is 38.0 Å². The van der Waals surface area contributed by atoms with E-state index in [9.17, 15) is 0 Å². The Morgan fingerprint density at radius 3 is 1.92 bits per heavy atom. The molecule has 1 nitrogen and oxygen atoms in total. The van der Waals surface area contributed by atoms with Crippen molar-refractivity contribution in [3.8, 4) is 0 Å². The third-order valence-corrected chi connectivity index (χ3v) is 9.66. The SMILES string of the molecule is COB1C[C@H](C)[Si](C)(C)[C@@H](C)C1. The molecule has 0 unspecified atom stereocenters. The second-order valence-corrected chi connectivity index (χ2v) is 10.6. The molecule has 0 saturated carbocycles. The molecule has 1 heterocycles. The summed E-state index contributed by atoms with van der Waals surface area (Å²) in [5.74, 6) is 0. The summed E-state index contributed by atoms with van der Waals surface area (Å²) < 4.78 is 5.45. The van der Waals surface area contributed by atoms with Gasteiger partial charge in [-0.05, 0) is 12.6 Å². The maximum Gasteiger partial charge on any atom is 0.292 e. The molecule has 3 heteroatoms. The van der Waals surface area contributed by atoms with Gasteiger partial charge in [0.05, 0.1) is 8.07 Å². The molecule has 0 aliphatic carbocycles. The molecule has 70 valence electrons. The molecule has 0 aromatic carbocycles. The number of hydrogen-bond donors (Lipinski definition) is 0. The van der Waals surface area contributed by atoms with E-state index >= 15 is 0 Å². The largest absolute Gasteiger partial charge is 0.439 e. The van der Waals surface area contributed by atoms with E-state index in [0.29, 0.717) is 6.92 Å². The molecule has 0 amide bonds.